The molecule has 0 saturated carbocycles. The Balaban J connectivity index is 3.34. The van der Waals surface area contributed by atoms with Crippen molar-refractivity contribution in [1.29, 1.82) is 0 Å². The Morgan fingerprint density at radius 1 is 0.329 bits per heavy atom. The van der Waals surface area contributed by atoms with E-state index >= 15 is 0 Å². The second-order valence-electron chi connectivity index (χ2n) is 22.9. The van der Waals surface area contributed by atoms with Crippen molar-refractivity contribution in [3.63, 3.8) is 0 Å². The van der Waals surface area contributed by atoms with Gasteiger partial charge in [0.05, 0.1) is 18.8 Å². The number of carbonyl (C=O) groups excluding carboxylic acids is 1. The normalized spacial score (nSPS) is 12.7. The van der Waals surface area contributed by atoms with E-state index in [2.05, 4.69) is 19.2 Å². The maximum Gasteiger partial charge on any atom is 0.220 e. The van der Waals surface area contributed by atoms with Crippen molar-refractivity contribution in [2.75, 3.05) is 6.61 Å². The number of aliphatic hydroxyl groups excluding tert-OH is 2. The van der Waals surface area contributed by atoms with Crippen LogP contribution < -0.4 is 5.32 Å². The van der Waals surface area contributed by atoms with Crippen LogP contribution in [0, 0.1) is 0 Å². The van der Waals surface area contributed by atoms with Gasteiger partial charge in [-0.25, -0.2) is 0 Å². The number of allylic oxidation sites excluding steroid dienone is 1. The molecule has 1 amide bonds. The molecule has 0 aromatic carbocycles. The molecule has 0 heterocycles. The molecule has 70 heavy (non-hydrogen) atoms. The van der Waals surface area contributed by atoms with Crippen molar-refractivity contribution in [1.82, 2.24) is 5.32 Å². The van der Waals surface area contributed by atoms with Gasteiger partial charge in [-0.3, -0.25) is 4.79 Å². The van der Waals surface area contributed by atoms with E-state index in [0.717, 1.165) is 25.7 Å². The lowest BCUT2D eigenvalue weighted by Crippen LogP contribution is -2.45. The van der Waals surface area contributed by atoms with Crippen molar-refractivity contribution in [3.05, 3.63) is 12.2 Å². The molecular formula is C66H131NO3. The fourth-order valence-corrected chi connectivity index (χ4v) is 10.8. The highest BCUT2D eigenvalue weighted by molar-refractivity contribution is 5.76. The van der Waals surface area contributed by atoms with E-state index in [-0.39, 0.29) is 12.5 Å². The maximum atomic E-state index is 12.5. The van der Waals surface area contributed by atoms with Crippen molar-refractivity contribution < 1.29 is 15.0 Å². The molecule has 0 fully saturated rings. The van der Waals surface area contributed by atoms with Gasteiger partial charge in [0.2, 0.25) is 5.91 Å². The van der Waals surface area contributed by atoms with Crippen LogP contribution in [0.2, 0.25) is 0 Å². The zero-order chi connectivity index (χ0) is 50.6. The molecule has 0 rings (SSSR count). The Labute approximate surface area is 441 Å². The first-order chi connectivity index (χ1) is 34.7. The van der Waals surface area contributed by atoms with Crippen molar-refractivity contribution >= 4 is 5.91 Å². The fraction of sp³-hybridized carbons (Fsp3) is 0.955. The average Bonchev–Trinajstić information content (AvgIpc) is 3.36. The third-order valence-electron chi connectivity index (χ3n) is 15.8. The molecule has 2 atom stereocenters. The van der Waals surface area contributed by atoms with E-state index in [9.17, 15) is 15.0 Å². The minimum Gasteiger partial charge on any atom is -0.394 e. The third kappa shape index (κ3) is 58.0. The molecule has 0 aliphatic heterocycles. The lowest BCUT2D eigenvalue weighted by Gasteiger charge is -2.20. The van der Waals surface area contributed by atoms with Crippen LogP contribution in [0.1, 0.15) is 386 Å². The SMILES string of the molecule is CCCCCCCCCCCCCCCCC/C=C/C(O)C(CO)NC(=O)CCCCCCCCCCCCCCCCCCCCCCCCCCCCCCCCCCCCCCCCCCC. The number of rotatable bonds is 62. The Hall–Kier alpha value is -0.870. The summed E-state index contributed by atoms with van der Waals surface area (Å²) in [6.45, 7) is 4.35. The van der Waals surface area contributed by atoms with E-state index in [1.807, 2.05) is 6.08 Å². The van der Waals surface area contributed by atoms with Crippen LogP contribution in [0.25, 0.3) is 0 Å². The third-order valence-corrected chi connectivity index (χ3v) is 15.8. The van der Waals surface area contributed by atoms with Gasteiger partial charge in [0, 0.05) is 6.42 Å². The van der Waals surface area contributed by atoms with Crippen molar-refractivity contribution in [2.24, 2.45) is 0 Å². The van der Waals surface area contributed by atoms with Gasteiger partial charge in [0.1, 0.15) is 0 Å². The average molecular weight is 987 g/mol. The molecule has 0 aromatic heterocycles. The van der Waals surface area contributed by atoms with Gasteiger partial charge in [-0.15, -0.1) is 0 Å². The quantitative estimate of drug-likeness (QED) is 0.0420. The van der Waals surface area contributed by atoms with Crippen LogP contribution in [0.15, 0.2) is 12.2 Å². The molecule has 418 valence electrons. The smallest absolute Gasteiger partial charge is 0.220 e. The summed E-state index contributed by atoms with van der Waals surface area (Å²) >= 11 is 0. The largest absolute Gasteiger partial charge is 0.394 e. The monoisotopic (exact) mass is 986 g/mol. The van der Waals surface area contributed by atoms with Crippen LogP contribution in [0.5, 0.6) is 0 Å². The topological polar surface area (TPSA) is 69.6 Å². The van der Waals surface area contributed by atoms with Gasteiger partial charge in [-0.05, 0) is 19.3 Å². The van der Waals surface area contributed by atoms with Gasteiger partial charge in [0.25, 0.3) is 0 Å². The fourth-order valence-electron chi connectivity index (χ4n) is 10.8. The Bertz CT molecular complexity index is 982. The summed E-state index contributed by atoms with van der Waals surface area (Å²) in [4.78, 5) is 12.5. The van der Waals surface area contributed by atoms with Gasteiger partial charge in [-0.2, -0.15) is 0 Å². The van der Waals surface area contributed by atoms with Crippen LogP contribution in [-0.2, 0) is 4.79 Å². The summed E-state index contributed by atoms with van der Waals surface area (Å²) in [5.74, 6) is -0.0549. The summed E-state index contributed by atoms with van der Waals surface area (Å²) in [5.41, 5.74) is 0. The van der Waals surface area contributed by atoms with Crippen LogP contribution in [0.3, 0.4) is 0 Å². The number of carbonyl (C=O) groups is 1. The standard InChI is InChI=1S/C66H131NO3/c1-3-5-7-9-11-13-15-17-19-21-22-23-24-25-26-27-28-29-30-31-32-33-34-35-36-37-38-39-40-41-42-43-44-46-48-50-52-54-56-58-60-62-66(70)67-64(63-68)65(69)61-59-57-55-53-51-49-47-45-20-18-16-14-12-10-8-6-4-2/h59,61,64-65,68-69H,3-58,60,62-63H2,1-2H3,(H,67,70)/b61-59+. The van der Waals surface area contributed by atoms with Crippen LogP contribution >= 0.6 is 0 Å². The number of hydrogen-bond acceptors (Lipinski definition) is 3. The van der Waals surface area contributed by atoms with Gasteiger partial charge in [-0.1, -0.05) is 373 Å². The molecule has 0 radical (unpaired) electrons. The highest BCUT2D eigenvalue weighted by atomic mass is 16.3. The van der Waals surface area contributed by atoms with E-state index in [0.29, 0.717) is 6.42 Å². The first kappa shape index (κ1) is 69.1. The number of hydrogen-bond donors (Lipinski definition) is 3. The summed E-state index contributed by atoms with van der Waals surface area (Å²) in [6, 6.07) is -0.618. The highest BCUT2D eigenvalue weighted by Gasteiger charge is 2.18. The van der Waals surface area contributed by atoms with Crippen LogP contribution in [-0.4, -0.2) is 34.9 Å². The lowest BCUT2D eigenvalue weighted by atomic mass is 10.0. The van der Waals surface area contributed by atoms with Gasteiger partial charge < -0.3 is 15.5 Å². The summed E-state index contributed by atoms with van der Waals surface area (Å²) < 4.78 is 0. The van der Waals surface area contributed by atoms with E-state index in [1.165, 1.54) is 340 Å². The molecular weight excluding hydrogens is 855 g/mol. The molecule has 3 N–H and O–H groups in total. The molecule has 4 nitrogen and oxygen atoms in total. The first-order valence-electron chi connectivity index (χ1n) is 32.9. The zero-order valence-electron chi connectivity index (χ0n) is 48.3. The van der Waals surface area contributed by atoms with Gasteiger partial charge in [0.15, 0.2) is 0 Å². The Kier molecular flexibility index (Phi) is 61.6. The molecule has 4 heteroatoms. The van der Waals surface area contributed by atoms with Gasteiger partial charge >= 0.3 is 0 Å². The Morgan fingerprint density at radius 3 is 0.743 bits per heavy atom. The lowest BCUT2D eigenvalue weighted by molar-refractivity contribution is -0.123. The molecule has 0 spiro atoms. The number of nitrogens with one attached hydrogen (secondary N) is 1. The summed E-state index contributed by atoms with van der Waals surface area (Å²) in [6.07, 6.45) is 83.0. The molecule has 0 aromatic rings. The summed E-state index contributed by atoms with van der Waals surface area (Å²) in [5, 5.41) is 23.2. The maximum absolute atomic E-state index is 12.5. The van der Waals surface area contributed by atoms with E-state index in [4.69, 9.17) is 0 Å². The highest BCUT2D eigenvalue weighted by Crippen LogP contribution is 2.19. The first-order valence-corrected chi connectivity index (χ1v) is 32.9. The van der Waals surface area contributed by atoms with E-state index < -0.39 is 12.1 Å². The molecule has 0 aliphatic rings. The molecule has 2 unspecified atom stereocenters. The van der Waals surface area contributed by atoms with E-state index in [1.54, 1.807) is 6.08 Å². The molecule has 0 aliphatic carbocycles. The second kappa shape index (κ2) is 62.4. The minimum absolute atomic E-state index is 0.0549. The zero-order valence-corrected chi connectivity index (χ0v) is 48.3. The Morgan fingerprint density at radius 2 is 0.529 bits per heavy atom. The molecule has 0 bridgehead atoms. The number of unbranched alkanes of at least 4 members (excludes halogenated alkanes) is 55. The van der Waals surface area contributed by atoms with Crippen LogP contribution in [0.4, 0.5) is 0 Å². The second-order valence-corrected chi connectivity index (χ2v) is 22.9. The number of aliphatic hydroxyl groups is 2. The van der Waals surface area contributed by atoms with Crippen molar-refractivity contribution in [2.45, 2.75) is 398 Å². The predicted octanol–water partition coefficient (Wildman–Crippen LogP) is 22.0. The van der Waals surface area contributed by atoms with Crippen molar-refractivity contribution in [3.8, 4) is 0 Å². The number of amides is 1. The predicted molar refractivity (Wildman–Crippen MR) is 313 cm³/mol. The summed E-state index contributed by atoms with van der Waals surface area (Å²) in [7, 11) is 0. The molecule has 0 saturated heterocycles. The minimum atomic E-state index is -0.835.